The Balaban J connectivity index is 2.39. The lowest BCUT2D eigenvalue weighted by atomic mass is 10.0. The molecule has 1 aromatic heterocycles. The van der Waals surface area contributed by atoms with E-state index in [1.165, 1.54) is 12.0 Å². The Morgan fingerprint density at radius 2 is 1.82 bits per heavy atom. The second-order valence-electron chi connectivity index (χ2n) is 6.43. The monoisotopic (exact) mass is 382 g/mol. The summed E-state index contributed by atoms with van der Waals surface area (Å²) in [6.07, 6.45) is 1.59. The molecule has 0 radical (unpaired) electrons. The van der Waals surface area contributed by atoms with Crippen LogP contribution in [0.3, 0.4) is 0 Å². The van der Waals surface area contributed by atoms with E-state index in [-0.39, 0.29) is 24.8 Å². The van der Waals surface area contributed by atoms with Crippen molar-refractivity contribution in [3.05, 3.63) is 71.1 Å². The maximum Gasteiger partial charge on any atom is 0.354 e. The molecule has 2 aromatic rings. The number of ether oxygens (including phenoxy) is 1. The Bertz CT molecular complexity index is 897. The molecule has 6 nitrogen and oxygen atoms in total. The molecular formula is C22H26N2O4. The summed E-state index contributed by atoms with van der Waals surface area (Å²) in [5, 5.41) is 0. The van der Waals surface area contributed by atoms with Crippen LogP contribution in [0.5, 0.6) is 0 Å². The minimum absolute atomic E-state index is 0.101. The van der Waals surface area contributed by atoms with Gasteiger partial charge in [-0.15, -0.1) is 6.58 Å². The van der Waals surface area contributed by atoms with Crippen LogP contribution in [0.4, 0.5) is 0 Å². The Kier molecular flexibility index (Phi) is 6.93. The number of carbonyl (C=O) groups is 3. The van der Waals surface area contributed by atoms with E-state index >= 15 is 0 Å². The number of methoxy groups -OCH3 is 1. The fraction of sp³-hybridized carbons (Fsp3) is 0.318. The standard InChI is InChI=1S/C22H26N2O4/c1-6-13-23(21(26)17-11-9-8-10-12-17)14-18(25)19-15(3)20(22(27)28-5)24(7-2)16(19)4/h6,8-12H,1,7,13-14H2,2-5H3. The highest BCUT2D eigenvalue weighted by molar-refractivity contribution is 6.06. The quantitative estimate of drug-likeness (QED) is 0.399. The van der Waals surface area contributed by atoms with Crippen molar-refractivity contribution in [3.63, 3.8) is 0 Å². The molecule has 0 fully saturated rings. The Labute approximate surface area is 165 Å². The van der Waals surface area contributed by atoms with Gasteiger partial charge in [-0.1, -0.05) is 24.3 Å². The summed E-state index contributed by atoms with van der Waals surface area (Å²) in [6.45, 7) is 9.79. The van der Waals surface area contributed by atoms with Crippen molar-refractivity contribution in [3.8, 4) is 0 Å². The van der Waals surface area contributed by atoms with E-state index in [4.69, 9.17) is 4.74 Å². The number of ketones is 1. The first-order chi connectivity index (χ1) is 13.4. The third kappa shape index (κ3) is 4.06. The fourth-order valence-electron chi connectivity index (χ4n) is 3.45. The zero-order valence-electron chi connectivity index (χ0n) is 16.8. The summed E-state index contributed by atoms with van der Waals surface area (Å²) in [5.74, 6) is -0.949. The van der Waals surface area contributed by atoms with E-state index in [2.05, 4.69) is 6.58 Å². The highest BCUT2D eigenvalue weighted by atomic mass is 16.5. The third-order valence-electron chi connectivity index (χ3n) is 4.73. The van der Waals surface area contributed by atoms with Gasteiger partial charge in [0.2, 0.25) is 0 Å². The molecule has 1 heterocycles. The number of esters is 1. The van der Waals surface area contributed by atoms with Crippen LogP contribution < -0.4 is 0 Å². The topological polar surface area (TPSA) is 68.6 Å². The zero-order valence-corrected chi connectivity index (χ0v) is 16.8. The maximum absolute atomic E-state index is 13.1. The van der Waals surface area contributed by atoms with Crippen LogP contribution in [0.15, 0.2) is 43.0 Å². The van der Waals surface area contributed by atoms with Gasteiger partial charge >= 0.3 is 5.97 Å². The molecule has 0 aliphatic rings. The van der Waals surface area contributed by atoms with Crippen molar-refractivity contribution in [1.29, 1.82) is 0 Å². The van der Waals surface area contributed by atoms with Gasteiger partial charge in [-0.25, -0.2) is 4.79 Å². The molecule has 2 rings (SSSR count). The molecule has 28 heavy (non-hydrogen) atoms. The first kappa shape index (κ1) is 21.2. The number of carbonyl (C=O) groups excluding carboxylic acids is 3. The van der Waals surface area contributed by atoms with Crippen LogP contribution in [-0.2, 0) is 11.3 Å². The number of aromatic nitrogens is 1. The zero-order chi connectivity index (χ0) is 20.8. The van der Waals surface area contributed by atoms with Gasteiger partial charge < -0.3 is 14.2 Å². The number of benzene rings is 1. The highest BCUT2D eigenvalue weighted by Crippen LogP contribution is 2.24. The average molecular weight is 382 g/mol. The molecule has 0 unspecified atom stereocenters. The summed E-state index contributed by atoms with van der Waals surface area (Å²) in [6, 6.07) is 8.80. The summed E-state index contributed by atoms with van der Waals surface area (Å²) < 4.78 is 6.64. The van der Waals surface area contributed by atoms with Crippen molar-refractivity contribution >= 4 is 17.7 Å². The maximum atomic E-state index is 13.1. The van der Waals surface area contributed by atoms with Gasteiger partial charge in [0.15, 0.2) is 5.78 Å². The molecule has 0 bridgehead atoms. The molecule has 0 spiro atoms. The highest BCUT2D eigenvalue weighted by Gasteiger charge is 2.28. The van der Waals surface area contributed by atoms with Gasteiger partial charge in [-0.3, -0.25) is 9.59 Å². The number of amides is 1. The molecule has 0 aliphatic heterocycles. The molecule has 0 atom stereocenters. The minimum atomic E-state index is -0.482. The predicted octanol–water partition coefficient (Wildman–Crippen LogP) is 3.42. The molecule has 1 aromatic carbocycles. The number of hydrogen-bond acceptors (Lipinski definition) is 4. The van der Waals surface area contributed by atoms with Crippen LogP contribution in [0.2, 0.25) is 0 Å². The SMILES string of the molecule is C=CCN(CC(=O)c1c(C)c(C(=O)OC)n(CC)c1C)C(=O)c1ccccc1. The Morgan fingerprint density at radius 1 is 1.18 bits per heavy atom. The molecule has 6 heteroatoms. The molecular weight excluding hydrogens is 356 g/mol. The average Bonchev–Trinajstić information content (AvgIpc) is 2.96. The van der Waals surface area contributed by atoms with E-state index in [0.717, 1.165) is 0 Å². The fourth-order valence-corrected chi connectivity index (χ4v) is 3.45. The van der Waals surface area contributed by atoms with Crippen LogP contribution in [-0.4, -0.2) is 47.3 Å². The van der Waals surface area contributed by atoms with Gasteiger partial charge in [0, 0.05) is 29.9 Å². The number of nitrogens with zero attached hydrogens (tertiary/aromatic N) is 2. The van der Waals surface area contributed by atoms with Gasteiger partial charge in [0.05, 0.1) is 13.7 Å². The first-order valence-corrected chi connectivity index (χ1v) is 9.13. The van der Waals surface area contributed by atoms with Crippen LogP contribution in [0.25, 0.3) is 0 Å². The summed E-state index contributed by atoms with van der Waals surface area (Å²) in [7, 11) is 1.32. The molecule has 148 valence electrons. The van der Waals surface area contributed by atoms with E-state index in [9.17, 15) is 14.4 Å². The van der Waals surface area contributed by atoms with E-state index in [1.54, 1.807) is 48.8 Å². The van der Waals surface area contributed by atoms with Crippen LogP contribution >= 0.6 is 0 Å². The molecule has 1 amide bonds. The lowest BCUT2D eigenvalue weighted by Gasteiger charge is -2.20. The smallest absolute Gasteiger partial charge is 0.354 e. The molecule has 0 saturated heterocycles. The first-order valence-electron chi connectivity index (χ1n) is 9.13. The van der Waals surface area contributed by atoms with Crippen molar-refractivity contribution in [2.75, 3.05) is 20.2 Å². The van der Waals surface area contributed by atoms with Gasteiger partial charge in [-0.05, 0) is 38.5 Å². The van der Waals surface area contributed by atoms with E-state index in [1.807, 2.05) is 13.0 Å². The number of Topliss-reactive ketones (excluding diaryl/α,β-unsaturated/α-hetero) is 1. The van der Waals surface area contributed by atoms with Gasteiger partial charge in [0.1, 0.15) is 5.69 Å². The number of rotatable bonds is 8. The van der Waals surface area contributed by atoms with Crippen molar-refractivity contribution < 1.29 is 19.1 Å². The summed E-state index contributed by atoms with van der Waals surface area (Å²) in [5.41, 5.74) is 2.60. The van der Waals surface area contributed by atoms with Crippen molar-refractivity contribution in [2.24, 2.45) is 0 Å². The largest absolute Gasteiger partial charge is 0.464 e. The van der Waals surface area contributed by atoms with E-state index in [0.29, 0.717) is 34.6 Å². The normalized spacial score (nSPS) is 10.4. The third-order valence-corrected chi connectivity index (χ3v) is 4.73. The minimum Gasteiger partial charge on any atom is -0.464 e. The molecule has 0 N–H and O–H groups in total. The Morgan fingerprint density at radius 3 is 2.36 bits per heavy atom. The van der Waals surface area contributed by atoms with Gasteiger partial charge in [-0.2, -0.15) is 0 Å². The summed E-state index contributed by atoms with van der Waals surface area (Å²) >= 11 is 0. The lowest BCUT2D eigenvalue weighted by Crippen LogP contribution is -2.36. The number of hydrogen-bond donors (Lipinski definition) is 0. The molecule has 0 aliphatic carbocycles. The Hall–Kier alpha value is -3.15. The van der Waals surface area contributed by atoms with Crippen LogP contribution in [0, 0.1) is 13.8 Å². The second-order valence-corrected chi connectivity index (χ2v) is 6.43. The summed E-state index contributed by atoms with van der Waals surface area (Å²) in [4.78, 5) is 39.5. The lowest BCUT2D eigenvalue weighted by molar-refractivity contribution is 0.0587. The van der Waals surface area contributed by atoms with Crippen molar-refractivity contribution in [1.82, 2.24) is 9.47 Å². The van der Waals surface area contributed by atoms with Gasteiger partial charge in [0.25, 0.3) is 5.91 Å². The van der Waals surface area contributed by atoms with Crippen LogP contribution in [0.1, 0.15) is 49.4 Å². The second kappa shape index (κ2) is 9.17. The van der Waals surface area contributed by atoms with Crippen molar-refractivity contribution in [2.45, 2.75) is 27.3 Å². The predicted molar refractivity (Wildman–Crippen MR) is 108 cm³/mol. The van der Waals surface area contributed by atoms with E-state index < -0.39 is 5.97 Å². The molecule has 0 saturated carbocycles.